The first kappa shape index (κ1) is 16.9. The number of carbonyl (C=O) groups is 2. The van der Waals surface area contributed by atoms with Gasteiger partial charge in [-0.15, -0.1) is 0 Å². The zero-order valence-electron chi connectivity index (χ0n) is 12.7. The molecular weight excluding hydrogens is 294 g/mol. The minimum atomic E-state index is -1.08. The van der Waals surface area contributed by atoms with Crippen LogP contribution in [0, 0.1) is 0 Å². The maximum absolute atomic E-state index is 11.9. The van der Waals surface area contributed by atoms with E-state index in [-0.39, 0.29) is 18.9 Å². The summed E-state index contributed by atoms with van der Waals surface area (Å²) in [6.45, 7) is 0.192. The molecule has 122 valence electrons. The Labute approximate surface area is 134 Å². The third-order valence-corrected chi connectivity index (χ3v) is 3.68. The van der Waals surface area contributed by atoms with Crippen LogP contribution in [-0.4, -0.2) is 35.6 Å². The number of rotatable bonds is 7. The Hall–Kier alpha value is -2.44. The maximum Gasteiger partial charge on any atom is 0.320 e. The van der Waals surface area contributed by atoms with Crippen molar-refractivity contribution in [3.63, 3.8) is 0 Å². The zero-order valence-corrected chi connectivity index (χ0v) is 12.7. The van der Waals surface area contributed by atoms with Gasteiger partial charge in [0.25, 0.3) is 0 Å². The highest BCUT2D eigenvalue weighted by atomic mass is 16.4. The highest BCUT2D eigenvalue weighted by Crippen LogP contribution is 2.16. The molecule has 23 heavy (non-hydrogen) atoms. The van der Waals surface area contributed by atoms with Crippen molar-refractivity contribution in [2.45, 2.75) is 24.9 Å². The molecule has 2 aromatic rings. The normalized spacial score (nSPS) is 13.5. The van der Waals surface area contributed by atoms with Gasteiger partial charge < -0.3 is 21.9 Å². The smallest absolute Gasteiger partial charge is 0.320 e. The lowest BCUT2D eigenvalue weighted by atomic mass is 10.0. The molecule has 0 aliphatic heterocycles. The summed E-state index contributed by atoms with van der Waals surface area (Å²) in [5.74, 6) is -1.39. The van der Waals surface area contributed by atoms with E-state index >= 15 is 0 Å². The molecule has 0 fully saturated rings. The number of fused-ring (bicyclic) bond motifs is 1. The van der Waals surface area contributed by atoms with Crippen LogP contribution in [0.15, 0.2) is 42.5 Å². The molecule has 0 saturated carbocycles. The number of hydrogen-bond donors (Lipinski definition) is 4. The fourth-order valence-electron chi connectivity index (χ4n) is 2.32. The van der Waals surface area contributed by atoms with Gasteiger partial charge in [0.15, 0.2) is 0 Å². The lowest BCUT2D eigenvalue weighted by Gasteiger charge is -2.13. The third-order valence-electron chi connectivity index (χ3n) is 3.68. The highest BCUT2D eigenvalue weighted by Gasteiger charge is 2.16. The monoisotopic (exact) mass is 315 g/mol. The molecule has 1 amide bonds. The highest BCUT2D eigenvalue weighted by molar-refractivity contribution is 5.84. The van der Waals surface area contributed by atoms with E-state index in [9.17, 15) is 9.59 Å². The van der Waals surface area contributed by atoms with Gasteiger partial charge in [-0.1, -0.05) is 42.5 Å². The van der Waals surface area contributed by atoms with Crippen molar-refractivity contribution < 1.29 is 14.7 Å². The van der Waals surface area contributed by atoms with Crippen LogP contribution in [-0.2, 0) is 16.0 Å². The van der Waals surface area contributed by atoms with Crippen LogP contribution in [0.3, 0.4) is 0 Å². The molecule has 0 radical (unpaired) electrons. The average molecular weight is 315 g/mol. The number of amides is 1. The van der Waals surface area contributed by atoms with Gasteiger partial charge in [0, 0.05) is 6.54 Å². The molecular formula is C17H21N3O3. The van der Waals surface area contributed by atoms with Crippen molar-refractivity contribution in [1.29, 1.82) is 0 Å². The van der Waals surface area contributed by atoms with Crippen molar-refractivity contribution in [3.05, 3.63) is 48.0 Å². The SMILES string of the molecule is NC(Cc1ccc2ccccc2c1)C(=O)NCC[C@H](N)C(=O)O. The van der Waals surface area contributed by atoms with Crippen LogP contribution >= 0.6 is 0 Å². The lowest BCUT2D eigenvalue weighted by Crippen LogP contribution is -2.44. The van der Waals surface area contributed by atoms with Gasteiger partial charge in [0.2, 0.25) is 5.91 Å². The Morgan fingerprint density at radius 3 is 2.43 bits per heavy atom. The van der Waals surface area contributed by atoms with Crippen LogP contribution in [0.5, 0.6) is 0 Å². The van der Waals surface area contributed by atoms with Crippen molar-refractivity contribution in [2.24, 2.45) is 11.5 Å². The number of carboxylic acid groups (broad SMARTS) is 1. The Morgan fingerprint density at radius 1 is 1.04 bits per heavy atom. The molecule has 2 aromatic carbocycles. The number of aliphatic carboxylic acids is 1. The van der Waals surface area contributed by atoms with E-state index in [0.717, 1.165) is 16.3 Å². The van der Waals surface area contributed by atoms with Crippen LogP contribution in [0.25, 0.3) is 10.8 Å². The summed E-state index contributed by atoms with van der Waals surface area (Å²) in [6, 6.07) is 12.3. The summed E-state index contributed by atoms with van der Waals surface area (Å²) < 4.78 is 0. The molecule has 2 atom stereocenters. The number of carbonyl (C=O) groups excluding carboxylic acids is 1. The summed E-state index contributed by atoms with van der Waals surface area (Å²) in [5, 5.41) is 13.5. The summed E-state index contributed by atoms with van der Waals surface area (Å²) in [4.78, 5) is 22.5. The van der Waals surface area contributed by atoms with Crippen molar-refractivity contribution in [3.8, 4) is 0 Å². The second-order valence-corrected chi connectivity index (χ2v) is 5.52. The number of benzene rings is 2. The molecule has 6 N–H and O–H groups in total. The molecule has 0 aromatic heterocycles. The third kappa shape index (κ3) is 4.77. The fraction of sp³-hybridized carbons (Fsp3) is 0.294. The zero-order chi connectivity index (χ0) is 16.8. The summed E-state index contributed by atoms with van der Waals surface area (Å²) in [6.07, 6.45) is 0.589. The van der Waals surface area contributed by atoms with Gasteiger partial charge in [-0.2, -0.15) is 0 Å². The quantitative estimate of drug-likeness (QED) is 0.597. The molecule has 6 heteroatoms. The summed E-state index contributed by atoms with van der Waals surface area (Å²) in [5.41, 5.74) is 12.3. The minimum Gasteiger partial charge on any atom is -0.480 e. The predicted molar refractivity (Wildman–Crippen MR) is 88.9 cm³/mol. The standard InChI is InChI=1S/C17H21N3O3/c18-14(17(22)23)7-8-20-16(21)15(19)10-11-5-6-12-3-1-2-4-13(12)9-11/h1-6,9,14-15H,7-8,10,18-19H2,(H,20,21)(H,22,23)/t14-,15?/m0/s1. The van der Waals surface area contributed by atoms with Gasteiger partial charge in [0.05, 0.1) is 6.04 Å². The first-order chi connectivity index (χ1) is 11.0. The Morgan fingerprint density at radius 2 is 1.74 bits per heavy atom. The van der Waals surface area contributed by atoms with Crippen LogP contribution in [0.1, 0.15) is 12.0 Å². The second-order valence-electron chi connectivity index (χ2n) is 5.52. The molecule has 0 spiro atoms. The molecule has 0 heterocycles. The maximum atomic E-state index is 11.9. The number of hydrogen-bond acceptors (Lipinski definition) is 4. The number of nitrogens with two attached hydrogens (primary N) is 2. The second kappa shape index (κ2) is 7.71. The predicted octanol–water partition coefficient (Wildman–Crippen LogP) is 0.628. The van der Waals surface area contributed by atoms with E-state index in [1.807, 2.05) is 42.5 Å². The molecule has 0 aliphatic carbocycles. The van der Waals surface area contributed by atoms with Gasteiger partial charge >= 0.3 is 5.97 Å². The van der Waals surface area contributed by atoms with Crippen LogP contribution in [0.4, 0.5) is 0 Å². The van der Waals surface area contributed by atoms with Crippen LogP contribution in [0.2, 0.25) is 0 Å². The molecule has 0 saturated heterocycles. The lowest BCUT2D eigenvalue weighted by molar-refractivity contribution is -0.138. The summed E-state index contributed by atoms with van der Waals surface area (Å²) >= 11 is 0. The molecule has 0 aliphatic rings. The van der Waals surface area contributed by atoms with Gasteiger partial charge in [-0.05, 0) is 29.2 Å². The van der Waals surface area contributed by atoms with Crippen LogP contribution < -0.4 is 16.8 Å². The van der Waals surface area contributed by atoms with Gasteiger partial charge in [-0.25, -0.2) is 0 Å². The average Bonchev–Trinajstić information content (AvgIpc) is 2.54. The van der Waals surface area contributed by atoms with E-state index in [1.54, 1.807) is 0 Å². The van der Waals surface area contributed by atoms with Gasteiger partial charge in [0.1, 0.15) is 6.04 Å². The van der Waals surface area contributed by atoms with Crippen molar-refractivity contribution in [2.75, 3.05) is 6.54 Å². The van der Waals surface area contributed by atoms with Gasteiger partial charge in [-0.3, -0.25) is 9.59 Å². The van der Waals surface area contributed by atoms with E-state index < -0.39 is 18.1 Å². The molecule has 0 bridgehead atoms. The number of carboxylic acids is 1. The van der Waals surface area contributed by atoms with E-state index in [4.69, 9.17) is 16.6 Å². The summed E-state index contributed by atoms with van der Waals surface area (Å²) in [7, 11) is 0. The van der Waals surface area contributed by atoms with Crippen molar-refractivity contribution >= 4 is 22.6 Å². The Balaban J connectivity index is 1.88. The topological polar surface area (TPSA) is 118 Å². The first-order valence-electron chi connectivity index (χ1n) is 7.46. The molecule has 2 rings (SSSR count). The van der Waals surface area contributed by atoms with E-state index in [2.05, 4.69) is 5.32 Å². The van der Waals surface area contributed by atoms with E-state index in [1.165, 1.54) is 0 Å². The fourth-order valence-corrected chi connectivity index (χ4v) is 2.32. The van der Waals surface area contributed by atoms with E-state index in [0.29, 0.717) is 6.42 Å². The van der Waals surface area contributed by atoms with Crippen molar-refractivity contribution in [1.82, 2.24) is 5.32 Å². The Kier molecular flexibility index (Phi) is 5.67. The molecule has 6 nitrogen and oxygen atoms in total. The number of nitrogens with one attached hydrogen (secondary N) is 1. The Bertz CT molecular complexity index is 702. The minimum absolute atomic E-state index is 0.170. The molecule has 1 unspecified atom stereocenters. The first-order valence-corrected chi connectivity index (χ1v) is 7.46. The largest absolute Gasteiger partial charge is 0.480 e.